The molecule has 0 aromatic heterocycles. The first-order chi connectivity index (χ1) is 7.23. The van der Waals surface area contributed by atoms with Gasteiger partial charge in [0.25, 0.3) is 0 Å². The van der Waals surface area contributed by atoms with E-state index in [2.05, 4.69) is 0 Å². The maximum atomic E-state index is 11.2. The molecule has 0 aliphatic carbocycles. The van der Waals surface area contributed by atoms with Crippen LogP contribution in [0.5, 0.6) is 0 Å². The van der Waals surface area contributed by atoms with Gasteiger partial charge >= 0.3 is 5.97 Å². The minimum absolute atomic E-state index is 0.0259. The van der Waals surface area contributed by atoms with Gasteiger partial charge in [0.05, 0.1) is 5.60 Å². The van der Waals surface area contributed by atoms with Crippen molar-refractivity contribution in [2.75, 3.05) is 0 Å². The van der Waals surface area contributed by atoms with E-state index in [1.807, 2.05) is 20.8 Å². The molecule has 3 unspecified atom stereocenters. The van der Waals surface area contributed by atoms with Crippen LogP contribution in [0.25, 0.3) is 0 Å². The average Bonchev–Trinajstić information content (AvgIpc) is 2.16. The largest absolute Gasteiger partial charge is 0.436 e. The van der Waals surface area contributed by atoms with Crippen LogP contribution in [0.15, 0.2) is 0 Å². The van der Waals surface area contributed by atoms with Crippen LogP contribution in [0.2, 0.25) is 0 Å². The van der Waals surface area contributed by atoms with E-state index in [9.17, 15) is 15.0 Å². The van der Waals surface area contributed by atoms with Gasteiger partial charge in [-0.15, -0.1) is 0 Å². The molecule has 16 heavy (non-hydrogen) atoms. The average molecular weight is 232 g/mol. The fourth-order valence-electron chi connectivity index (χ4n) is 1.31. The molecular formula is C12H24O4. The standard InChI is InChI=1S/C12H24O4/c1-6-7-10(13)16-11(14)9(4)12(5,15)8(2)3/h8-9,11,14-15H,6-7H2,1-5H3. The molecule has 4 heteroatoms. The van der Waals surface area contributed by atoms with E-state index < -0.39 is 23.8 Å². The van der Waals surface area contributed by atoms with Gasteiger partial charge < -0.3 is 14.9 Å². The van der Waals surface area contributed by atoms with Crippen molar-refractivity contribution >= 4 is 5.97 Å². The van der Waals surface area contributed by atoms with Crippen molar-refractivity contribution in [3.8, 4) is 0 Å². The first-order valence-electron chi connectivity index (χ1n) is 5.83. The van der Waals surface area contributed by atoms with Crippen LogP contribution in [0.1, 0.15) is 47.5 Å². The van der Waals surface area contributed by atoms with Crippen LogP contribution < -0.4 is 0 Å². The molecule has 0 spiro atoms. The van der Waals surface area contributed by atoms with Crippen molar-refractivity contribution < 1.29 is 19.7 Å². The molecule has 3 atom stereocenters. The zero-order valence-electron chi connectivity index (χ0n) is 10.9. The Labute approximate surface area is 97.6 Å². The number of rotatable bonds is 6. The van der Waals surface area contributed by atoms with E-state index in [0.717, 1.165) is 0 Å². The molecule has 0 saturated carbocycles. The van der Waals surface area contributed by atoms with E-state index in [1.165, 1.54) is 0 Å². The normalized spacial score (nSPS) is 19.0. The Morgan fingerprint density at radius 3 is 2.25 bits per heavy atom. The molecule has 0 aromatic rings. The molecule has 4 nitrogen and oxygen atoms in total. The summed E-state index contributed by atoms with van der Waals surface area (Å²) in [5.74, 6) is -0.975. The Morgan fingerprint density at radius 1 is 1.38 bits per heavy atom. The smallest absolute Gasteiger partial charge is 0.308 e. The number of hydrogen-bond donors (Lipinski definition) is 2. The SMILES string of the molecule is CCCC(=O)OC(O)C(C)C(C)(O)C(C)C. The Kier molecular flexibility index (Phi) is 5.97. The lowest BCUT2D eigenvalue weighted by atomic mass is 9.81. The van der Waals surface area contributed by atoms with Crippen molar-refractivity contribution in [3.63, 3.8) is 0 Å². The summed E-state index contributed by atoms with van der Waals surface area (Å²) in [5.41, 5.74) is -1.06. The van der Waals surface area contributed by atoms with E-state index >= 15 is 0 Å². The molecule has 0 aliphatic heterocycles. The highest BCUT2D eigenvalue weighted by molar-refractivity contribution is 5.69. The Bertz CT molecular complexity index is 223. The molecule has 0 fully saturated rings. The number of ether oxygens (including phenoxy) is 1. The van der Waals surface area contributed by atoms with Gasteiger partial charge in [0.1, 0.15) is 0 Å². The number of aliphatic hydroxyl groups is 2. The molecule has 0 radical (unpaired) electrons. The Morgan fingerprint density at radius 2 is 1.88 bits per heavy atom. The molecule has 0 saturated heterocycles. The summed E-state index contributed by atoms with van der Waals surface area (Å²) < 4.78 is 4.85. The van der Waals surface area contributed by atoms with Gasteiger partial charge in [0.15, 0.2) is 0 Å². The fraction of sp³-hybridized carbons (Fsp3) is 0.917. The lowest BCUT2D eigenvalue weighted by Gasteiger charge is -2.36. The van der Waals surface area contributed by atoms with Crippen molar-refractivity contribution in [2.45, 2.75) is 59.4 Å². The number of carbonyl (C=O) groups excluding carboxylic acids is 1. The van der Waals surface area contributed by atoms with Crippen LogP contribution >= 0.6 is 0 Å². The van der Waals surface area contributed by atoms with Crippen molar-refractivity contribution in [2.24, 2.45) is 11.8 Å². The fourth-order valence-corrected chi connectivity index (χ4v) is 1.31. The Balaban J connectivity index is 4.38. The maximum Gasteiger partial charge on any atom is 0.308 e. The van der Waals surface area contributed by atoms with Crippen molar-refractivity contribution in [1.29, 1.82) is 0 Å². The second-order valence-electron chi connectivity index (χ2n) is 4.80. The quantitative estimate of drug-likeness (QED) is 0.540. The van der Waals surface area contributed by atoms with Gasteiger partial charge in [0, 0.05) is 12.3 Å². The molecule has 0 bridgehead atoms. The molecule has 0 aliphatic rings. The molecule has 2 N–H and O–H groups in total. The highest BCUT2D eigenvalue weighted by Crippen LogP contribution is 2.28. The first-order valence-corrected chi connectivity index (χ1v) is 5.83. The monoisotopic (exact) mass is 232 g/mol. The Hall–Kier alpha value is -0.610. The van der Waals surface area contributed by atoms with Crippen molar-refractivity contribution in [3.05, 3.63) is 0 Å². The minimum Gasteiger partial charge on any atom is -0.436 e. The highest BCUT2D eigenvalue weighted by atomic mass is 16.6. The van der Waals surface area contributed by atoms with Gasteiger partial charge in [-0.1, -0.05) is 27.7 Å². The molecule has 96 valence electrons. The van der Waals surface area contributed by atoms with Gasteiger partial charge in [0.2, 0.25) is 6.29 Å². The van der Waals surface area contributed by atoms with E-state index in [-0.39, 0.29) is 12.3 Å². The predicted octanol–water partition coefficient (Wildman–Crippen LogP) is 1.69. The van der Waals surface area contributed by atoms with Gasteiger partial charge in [-0.25, -0.2) is 0 Å². The third-order valence-corrected chi connectivity index (χ3v) is 3.22. The molecular weight excluding hydrogens is 208 g/mol. The van der Waals surface area contributed by atoms with E-state index in [1.54, 1.807) is 13.8 Å². The van der Waals surface area contributed by atoms with E-state index in [4.69, 9.17) is 4.74 Å². The third-order valence-electron chi connectivity index (χ3n) is 3.22. The van der Waals surface area contributed by atoms with Crippen LogP contribution in [-0.2, 0) is 9.53 Å². The molecule has 0 amide bonds. The van der Waals surface area contributed by atoms with Crippen molar-refractivity contribution in [1.82, 2.24) is 0 Å². The summed E-state index contributed by atoms with van der Waals surface area (Å²) in [5, 5.41) is 19.8. The lowest BCUT2D eigenvalue weighted by Crippen LogP contribution is -2.45. The van der Waals surface area contributed by atoms with Crippen LogP contribution in [0.3, 0.4) is 0 Å². The van der Waals surface area contributed by atoms with E-state index in [0.29, 0.717) is 6.42 Å². The maximum absolute atomic E-state index is 11.2. The zero-order valence-corrected chi connectivity index (χ0v) is 10.9. The predicted molar refractivity (Wildman–Crippen MR) is 61.6 cm³/mol. The topological polar surface area (TPSA) is 66.8 Å². The number of esters is 1. The minimum atomic E-state index is -1.25. The van der Waals surface area contributed by atoms with Gasteiger partial charge in [-0.05, 0) is 19.3 Å². The zero-order chi connectivity index (χ0) is 12.9. The summed E-state index contributed by atoms with van der Waals surface area (Å²) >= 11 is 0. The third kappa shape index (κ3) is 4.10. The number of hydrogen-bond acceptors (Lipinski definition) is 4. The first kappa shape index (κ1) is 15.4. The second-order valence-corrected chi connectivity index (χ2v) is 4.80. The molecule has 0 heterocycles. The van der Waals surface area contributed by atoms with Gasteiger partial charge in [-0.2, -0.15) is 0 Å². The molecule has 0 rings (SSSR count). The summed E-state index contributed by atoms with van der Waals surface area (Å²) in [7, 11) is 0. The van der Waals surface area contributed by atoms with Crippen LogP contribution in [0.4, 0.5) is 0 Å². The highest BCUT2D eigenvalue weighted by Gasteiger charge is 2.37. The van der Waals surface area contributed by atoms with Crippen LogP contribution in [0, 0.1) is 11.8 Å². The second kappa shape index (κ2) is 6.21. The number of aliphatic hydroxyl groups excluding tert-OH is 1. The summed E-state index contributed by atoms with van der Waals surface area (Å²) in [6.45, 7) is 8.89. The summed E-state index contributed by atoms with van der Waals surface area (Å²) in [6.07, 6.45) is -0.287. The molecule has 0 aromatic carbocycles. The van der Waals surface area contributed by atoms with Gasteiger partial charge in [-0.3, -0.25) is 4.79 Å². The van der Waals surface area contributed by atoms with Crippen LogP contribution in [-0.4, -0.2) is 28.1 Å². The lowest BCUT2D eigenvalue weighted by molar-refractivity contribution is -0.197. The number of carbonyl (C=O) groups is 1. The summed E-state index contributed by atoms with van der Waals surface area (Å²) in [4.78, 5) is 11.2. The summed E-state index contributed by atoms with van der Waals surface area (Å²) in [6, 6.07) is 0.